The lowest BCUT2D eigenvalue weighted by molar-refractivity contribution is -0.117. The fraction of sp³-hybridized carbons (Fsp3) is 0.316. The Balaban J connectivity index is 1.75. The standard InChI is InChI=1S/C19H23FN2O2/c1-14-5-4-6-18(15(14)2)21-19(23)13-22(3)11-12-24-17-9-7-16(20)8-10-17/h4-10H,11-13H2,1-3H3,(H,21,23). The van der Waals surface area contributed by atoms with Gasteiger partial charge in [-0.15, -0.1) is 0 Å². The van der Waals surface area contributed by atoms with Crippen molar-refractivity contribution >= 4 is 11.6 Å². The third-order valence-electron chi connectivity index (χ3n) is 3.85. The summed E-state index contributed by atoms with van der Waals surface area (Å²) in [6.45, 7) is 5.31. The third kappa shape index (κ3) is 5.35. The molecule has 2 aromatic rings. The number of anilines is 1. The maximum Gasteiger partial charge on any atom is 0.238 e. The second-order valence-electron chi connectivity index (χ2n) is 5.84. The molecule has 128 valence electrons. The number of carbonyl (C=O) groups excluding carboxylic acids is 1. The Labute approximate surface area is 142 Å². The van der Waals surface area contributed by atoms with E-state index in [2.05, 4.69) is 5.32 Å². The Morgan fingerprint density at radius 2 is 1.88 bits per heavy atom. The highest BCUT2D eigenvalue weighted by Gasteiger charge is 2.09. The Kier molecular flexibility index (Phi) is 6.32. The zero-order valence-corrected chi connectivity index (χ0v) is 14.3. The lowest BCUT2D eigenvalue weighted by Crippen LogP contribution is -2.33. The first kappa shape index (κ1) is 17.9. The van der Waals surface area contributed by atoms with Gasteiger partial charge in [0.2, 0.25) is 5.91 Å². The molecule has 0 aliphatic carbocycles. The zero-order valence-electron chi connectivity index (χ0n) is 14.3. The van der Waals surface area contributed by atoms with Crippen LogP contribution in [-0.4, -0.2) is 37.6 Å². The summed E-state index contributed by atoms with van der Waals surface area (Å²) in [7, 11) is 1.86. The normalized spacial score (nSPS) is 10.7. The Morgan fingerprint density at radius 3 is 2.58 bits per heavy atom. The van der Waals surface area contributed by atoms with Crippen LogP contribution >= 0.6 is 0 Å². The summed E-state index contributed by atoms with van der Waals surface area (Å²) in [4.78, 5) is 14.0. The van der Waals surface area contributed by atoms with Gasteiger partial charge in [0.25, 0.3) is 0 Å². The molecule has 0 aliphatic heterocycles. The predicted octanol–water partition coefficient (Wildman–Crippen LogP) is 3.39. The number of benzene rings is 2. The molecule has 5 heteroatoms. The number of aryl methyl sites for hydroxylation is 1. The van der Waals surface area contributed by atoms with Gasteiger partial charge in [-0.05, 0) is 62.4 Å². The average Bonchev–Trinajstić information content (AvgIpc) is 2.53. The molecular weight excluding hydrogens is 307 g/mol. The van der Waals surface area contributed by atoms with E-state index in [4.69, 9.17) is 4.74 Å². The van der Waals surface area contributed by atoms with Crippen LogP contribution in [-0.2, 0) is 4.79 Å². The predicted molar refractivity (Wildman–Crippen MR) is 93.9 cm³/mol. The molecule has 1 N–H and O–H groups in total. The van der Waals surface area contributed by atoms with E-state index in [-0.39, 0.29) is 18.3 Å². The number of likely N-dealkylation sites (N-methyl/N-ethyl adjacent to an activating group) is 1. The SMILES string of the molecule is Cc1cccc(NC(=O)CN(C)CCOc2ccc(F)cc2)c1C. The molecule has 24 heavy (non-hydrogen) atoms. The number of amides is 1. The van der Waals surface area contributed by atoms with Gasteiger partial charge in [-0.3, -0.25) is 9.69 Å². The molecule has 2 aromatic carbocycles. The van der Waals surface area contributed by atoms with Crippen molar-refractivity contribution in [2.24, 2.45) is 0 Å². The number of carbonyl (C=O) groups is 1. The minimum atomic E-state index is -0.289. The molecule has 0 saturated carbocycles. The molecule has 0 saturated heterocycles. The van der Waals surface area contributed by atoms with E-state index in [0.29, 0.717) is 18.9 Å². The van der Waals surface area contributed by atoms with Crippen molar-refractivity contribution in [3.05, 3.63) is 59.4 Å². The summed E-state index contributed by atoms with van der Waals surface area (Å²) in [6, 6.07) is 11.7. The molecule has 0 fully saturated rings. The van der Waals surface area contributed by atoms with Gasteiger partial charge < -0.3 is 10.1 Å². The number of halogens is 1. The highest BCUT2D eigenvalue weighted by Crippen LogP contribution is 2.17. The van der Waals surface area contributed by atoms with Crippen molar-refractivity contribution in [1.29, 1.82) is 0 Å². The minimum absolute atomic E-state index is 0.0621. The first-order valence-electron chi connectivity index (χ1n) is 7.88. The van der Waals surface area contributed by atoms with E-state index >= 15 is 0 Å². The monoisotopic (exact) mass is 330 g/mol. The minimum Gasteiger partial charge on any atom is -0.492 e. The maximum absolute atomic E-state index is 12.8. The quantitative estimate of drug-likeness (QED) is 0.846. The van der Waals surface area contributed by atoms with Crippen molar-refractivity contribution in [3.63, 3.8) is 0 Å². The second kappa shape index (κ2) is 8.45. The molecule has 4 nitrogen and oxygen atoms in total. The first-order chi connectivity index (χ1) is 11.5. The van der Waals surface area contributed by atoms with Crippen molar-refractivity contribution in [1.82, 2.24) is 4.90 Å². The molecular formula is C19H23FN2O2. The first-order valence-corrected chi connectivity index (χ1v) is 7.88. The van der Waals surface area contributed by atoms with Crippen LogP contribution < -0.4 is 10.1 Å². The molecule has 0 radical (unpaired) electrons. The van der Waals surface area contributed by atoms with Crippen molar-refractivity contribution in [2.75, 3.05) is 32.1 Å². The number of hydrogen-bond donors (Lipinski definition) is 1. The van der Waals surface area contributed by atoms with Crippen molar-refractivity contribution < 1.29 is 13.9 Å². The van der Waals surface area contributed by atoms with Crippen LogP contribution in [0.4, 0.5) is 10.1 Å². The van der Waals surface area contributed by atoms with E-state index in [9.17, 15) is 9.18 Å². The summed E-state index contributed by atoms with van der Waals surface area (Å²) < 4.78 is 18.3. The summed E-state index contributed by atoms with van der Waals surface area (Å²) in [5.74, 6) is 0.264. The second-order valence-corrected chi connectivity index (χ2v) is 5.84. The summed E-state index contributed by atoms with van der Waals surface area (Å²) in [6.07, 6.45) is 0. The van der Waals surface area contributed by atoms with Gasteiger partial charge in [0.05, 0.1) is 6.54 Å². The van der Waals surface area contributed by atoms with E-state index < -0.39 is 0 Å². The van der Waals surface area contributed by atoms with Crippen LogP contribution in [0.3, 0.4) is 0 Å². The van der Waals surface area contributed by atoms with Gasteiger partial charge in [0.15, 0.2) is 0 Å². The Morgan fingerprint density at radius 1 is 1.17 bits per heavy atom. The number of ether oxygens (including phenoxy) is 1. The fourth-order valence-electron chi connectivity index (χ4n) is 2.25. The lowest BCUT2D eigenvalue weighted by Gasteiger charge is -2.17. The summed E-state index contributed by atoms with van der Waals surface area (Å²) in [5.41, 5.74) is 3.07. The third-order valence-corrected chi connectivity index (χ3v) is 3.85. The molecule has 0 spiro atoms. The van der Waals surface area contributed by atoms with Gasteiger partial charge in [-0.25, -0.2) is 4.39 Å². The number of rotatable bonds is 7. The molecule has 0 unspecified atom stereocenters. The van der Waals surface area contributed by atoms with E-state index in [1.165, 1.54) is 12.1 Å². The number of nitrogens with zero attached hydrogens (tertiary/aromatic N) is 1. The van der Waals surface area contributed by atoms with Crippen LogP contribution in [0.15, 0.2) is 42.5 Å². The summed E-state index contributed by atoms with van der Waals surface area (Å²) in [5, 5.41) is 2.93. The van der Waals surface area contributed by atoms with Crippen molar-refractivity contribution in [2.45, 2.75) is 13.8 Å². The molecule has 1 amide bonds. The average molecular weight is 330 g/mol. The topological polar surface area (TPSA) is 41.6 Å². The fourth-order valence-corrected chi connectivity index (χ4v) is 2.25. The van der Waals surface area contributed by atoms with Crippen LogP contribution in [0.2, 0.25) is 0 Å². The highest BCUT2D eigenvalue weighted by atomic mass is 19.1. The molecule has 0 aromatic heterocycles. The van der Waals surface area contributed by atoms with Gasteiger partial charge in [-0.2, -0.15) is 0 Å². The Bertz CT molecular complexity index is 686. The van der Waals surface area contributed by atoms with E-state index in [1.54, 1.807) is 12.1 Å². The maximum atomic E-state index is 12.8. The molecule has 0 aliphatic rings. The van der Waals surface area contributed by atoms with E-state index in [1.807, 2.05) is 44.0 Å². The van der Waals surface area contributed by atoms with Crippen LogP contribution in [0.1, 0.15) is 11.1 Å². The zero-order chi connectivity index (χ0) is 17.5. The lowest BCUT2D eigenvalue weighted by atomic mass is 10.1. The van der Waals surface area contributed by atoms with Crippen LogP contribution in [0.5, 0.6) is 5.75 Å². The van der Waals surface area contributed by atoms with E-state index in [0.717, 1.165) is 16.8 Å². The summed E-state index contributed by atoms with van der Waals surface area (Å²) >= 11 is 0. The van der Waals surface area contributed by atoms with Crippen molar-refractivity contribution in [3.8, 4) is 5.75 Å². The van der Waals surface area contributed by atoms with Gasteiger partial charge in [-0.1, -0.05) is 12.1 Å². The number of nitrogens with one attached hydrogen (secondary N) is 1. The van der Waals surface area contributed by atoms with Crippen LogP contribution in [0.25, 0.3) is 0 Å². The number of hydrogen-bond acceptors (Lipinski definition) is 3. The molecule has 0 heterocycles. The highest BCUT2D eigenvalue weighted by molar-refractivity contribution is 5.93. The van der Waals surface area contributed by atoms with Gasteiger partial charge >= 0.3 is 0 Å². The van der Waals surface area contributed by atoms with Gasteiger partial charge in [0.1, 0.15) is 18.2 Å². The largest absolute Gasteiger partial charge is 0.492 e. The molecule has 0 atom stereocenters. The smallest absolute Gasteiger partial charge is 0.238 e. The van der Waals surface area contributed by atoms with Crippen LogP contribution in [0, 0.1) is 19.7 Å². The molecule has 2 rings (SSSR count). The Hall–Kier alpha value is -2.40. The molecule has 0 bridgehead atoms. The van der Waals surface area contributed by atoms with Gasteiger partial charge in [0, 0.05) is 12.2 Å².